The van der Waals surface area contributed by atoms with Gasteiger partial charge in [-0.3, -0.25) is 0 Å². The Kier molecular flexibility index (Phi) is 3.60. The van der Waals surface area contributed by atoms with Crippen LogP contribution >= 0.6 is 0 Å². The number of benzene rings is 1. The molecule has 0 spiro atoms. The third-order valence-corrected chi connectivity index (χ3v) is 4.40. The number of rotatable bonds is 4. The monoisotopic (exact) mass is 273 g/mol. The third kappa shape index (κ3) is 2.37. The fourth-order valence-electron chi connectivity index (χ4n) is 3.02. The van der Waals surface area contributed by atoms with Gasteiger partial charge in [0.25, 0.3) is 0 Å². The maximum atomic E-state index is 10.7. The Balaban J connectivity index is 1.96. The van der Waals surface area contributed by atoms with Crippen molar-refractivity contribution in [2.24, 2.45) is 4.99 Å². The van der Waals surface area contributed by atoms with Crippen LogP contribution in [0.3, 0.4) is 0 Å². The molecule has 1 saturated carbocycles. The Bertz CT molecular complexity index is 539. The Morgan fingerprint density at radius 3 is 2.70 bits per heavy atom. The average Bonchev–Trinajstić information content (AvgIpc) is 3.29. The van der Waals surface area contributed by atoms with E-state index in [9.17, 15) is 4.79 Å². The predicted molar refractivity (Wildman–Crippen MR) is 74.8 cm³/mol. The van der Waals surface area contributed by atoms with Crippen molar-refractivity contribution >= 4 is 6.08 Å². The van der Waals surface area contributed by atoms with Crippen molar-refractivity contribution in [3.8, 4) is 5.75 Å². The number of hydrogen-bond acceptors (Lipinski definition) is 4. The van der Waals surface area contributed by atoms with Gasteiger partial charge in [0, 0.05) is 18.8 Å². The van der Waals surface area contributed by atoms with Gasteiger partial charge in [-0.25, -0.2) is 4.79 Å². The first-order valence-corrected chi connectivity index (χ1v) is 7.14. The molecule has 0 N–H and O–H groups in total. The second-order valence-electron chi connectivity index (χ2n) is 5.58. The molecule has 1 aromatic carbocycles. The standard InChI is InChI=1S/C16H19NO3/c1-19-15-3-2-13(12-4-8-20-9-5-12)10-14(15)16(6-7-16)17-11-18/h2-3,10,12H,4-9H2,1H3. The van der Waals surface area contributed by atoms with E-state index in [1.165, 1.54) is 5.56 Å². The first-order valence-electron chi connectivity index (χ1n) is 7.14. The van der Waals surface area contributed by atoms with Gasteiger partial charge in [0.2, 0.25) is 6.08 Å². The summed E-state index contributed by atoms with van der Waals surface area (Å²) in [4.78, 5) is 14.7. The zero-order valence-corrected chi connectivity index (χ0v) is 11.7. The van der Waals surface area contributed by atoms with Crippen LogP contribution in [0.25, 0.3) is 0 Å². The van der Waals surface area contributed by atoms with E-state index in [0.717, 1.165) is 50.2 Å². The summed E-state index contributed by atoms with van der Waals surface area (Å²) in [5.74, 6) is 1.35. The van der Waals surface area contributed by atoms with E-state index in [1.54, 1.807) is 13.2 Å². The van der Waals surface area contributed by atoms with Gasteiger partial charge in [0.15, 0.2) is 0 Å². The quantitative estimate of drug-likeness (QED) is 0.626. The Labute approximate surface area is 118 Å². The third-order valence-electron chi connectivity index (χ3n) is 4.40. The first-order chi connectivity index (χ1) is 9.79. The summed E-state index contributed by atoms with van der Waals surface area (Å²) >= 11 is 0. The summed E-state index contributed by atoms with van der Waals surface area (Å²) in [5, 5.41) is 0. The first kappa shape index (κ1) is 13.3. The van der Waals surface area contributed by atoms with Gasteiger partial charge in [0.1, 0.15) is 11.3 Å². The summed E-state index contributed by atoms with van der Waals surface area (Å²) in [6.45, 7) is 1.65. The fourth-order valence-corrected chi connectivity index (χ4v) is 3.02. The highest BCUT2D eigenvalue weighted by Gasteiger charge is 2.47. The van der Waals surface area contributed by atoms with E-state index in [2.05, 4.69) is 17.1 Å². The van der Waals surface area contributed by atoms with Gasteiger partial charge in [-0.1, -0.05) is 6.07 Å². The molecular formula is C16H19NO3. The summed E-state index contributed by atoms with van der Waals surface area (Å²) < 4.78 is 10.9. The number of aliphatic imine (C=N–C) groups is 1. The molecule has 4 nitrogen and oxygen atoms in total. The van der Waals surface area contributed by atoms with E-state index in [0.29, 0.717) is 5.92 Å². The summed E-state index contributed by atoms with van der Waals surface area (Å²) in [5.41, 5.74) is 1.96. The van der Waals surface area contributed by atoms with Gasteiger partial charge in [-0.05, 0) is 49.3 Å². The topological polar surface area (TPSA) is 47.9 Å². The number of ether oxygens (including phenoxy) is 2. The van der Waals surface area contributed by atoms with Crippen molar-refractivity contribution < 1.29 is 14.3 Å². The van der Waals surface area contributed by atoms with Crippen molar-refractivity contribution in [2.45, 2.75) is 37.1 Å². The highest BCUT2D eigenvalue weighted by Crippen LogP contribution is 2.52. The molecule has 1 aromatic rings. The smallest absolute Gasteiger partial charge is 0.235 e. The molecule has 4 heteroatoms. The molecule has 0 amide bonds. The molecule has 20 heavy (non-hydrogen) atoms. The van der Waals surface area contributed by atoms with Crippen LogP contribution in [0.5, 0.6) is 5.75 Å². The van der Waals surface area contributed by atoms with Crippen molar-refractivity contribution in [1.29, 1.82) is 0 Å². The van der Waals surface area contributed by atoms with Crippen LogP contribution in [-0.2, 0) is 15.1 Å². The molecule has 3 rings (SSSR count). The zero-order chi connectivity index (χ0) is 14.0. The van der Waals surface area contributed by atoms with E-state index in [-0.39, 0.29) is 5.54 Å². The summed E-state index contributed by atoms with van der Waals surface area (Å²) in [6.07, 6.45) is 5.62. The van der Waals surface area contributed by atoms with E-state index in [4.69, 9.17) is 9.47 Å². The Hall–Kier alpha value is -1.64. The molecule has 1 aliphatic carbocycles. The van der Waals surface area contributed by atoms with E-state index < -0.39 is 0 Å². The fraction of sp³-hybridized carbons (Fsp3) is 0.562. The molecule has 0 atom stereocenters. The van der Waals surface area contributed by atoms with Crippen molar-refractivity contribution in [3.05, 3.63) is 29.3 Å². The normalized spacial score (nSPS) is 21.1. The molecule has 2 fully saturated rings. The minimum atomic E-state index is -0.381. The Morgan fingerprint density at radius 1 is 1.35 bits per heavy atom. The van der Waals surface area contributed by atoms with Crippen LogP contribution in [0.4, 0.5) is 0 Å². The molecule has 2 aliphatic rings. The molecule has 0 aromatic heterocycles. The van der Waals surface area contributed by atoms with Gasteiger partial charge >= 0.3 is 0 Å². The van der Waals surface area contributed by atoms with Crippen molar-refractivity contribution in [3.63, 3.8) is 0 Å². The zero-order valence-electron chi connectivity index (χ0n) is 11.7. The highest BCUT2D eigenvalue weighted by molar-refractivity contribution is 5.49. The van der Waals surface area contributed by atoms with Crippen LogP contribution in [0.15, 0.2) is 23.2 Å². The van der Waals surface area contributed by atoms with Crippen LogP contribution in [0.1, 0.15) is 42.7 Å². The SMILES string of the molecule is COc1ccc(C2CCOCC2)cc1C1(N=C=O)CC1. The number of methoxy groups -OCH3 is 1. The molecule has 0 unspecified atom stereocenters. The molecule has 1 saturated heterocycles. The van der Waals surface area contributed by atoms with Gasteiger partial charge < -0.3 is 9.47 Å². The lowest BCUT2D eigenvalue weighted by Gasteiger charge is -2.24. The maximum absolute atomic E-state index is 10.7. The highest BCUT2D eigenvalue weighted by atomic mass is 16.5. The van der Waals surface area contributed by atoms with Crippen LogP contribution in [0.2, 0.25) is 0 Å². The minimum absolute atomic E-state index is 0.381. The second-order valence-corrected chi connectivity index (χ2v) is 5.58. The minimum Gasteiger partial charge on any atom is -0.496 e. The van der Waals surface area contributed by atoms with Gasteiger partial charge in [-0.2, -0.15) is 4.99 Å². The molecule has 1 aliphatic heterocycles. The summed E-state index contributed by atoms with van der Waals surface area (Å²) in [7, 11) is 1.66. The Morgan fingerprint density at radius 2 is 2.10 bits per heavy atom. The van der Waals surface area contributed by atoms with Gasteiger partial charge in [-0.15, -0.1) is 0 Å². The van der Waals surface area contributed by atoms with Crippen LogP contribution in [-0.4, -0.2) is 26.4 Å². The van der Waals surface area contributed by atoms with Crippen LogP contribution < -0.4 is 4.74 Å². The number of nitrogens with zero attached hydrogens (tertiary/aromatic N) is 1. The lowest BCUT2D eigenvalue weighted by Crippen LogP contribution is -2.15. The molecular weight excluding hydrogens is 254 g/mol. The summed E-state index contributed by atoms with van der Waals surface area (Å²) in [6, 6.07) is 6.29. The van der Waals surface area contributed by atoms with E-state index >= 15 is 0 Å². The number of hydrogen-bond donors (Lipinski definition) is 0. The second kappa shape index (κ2) is 5.39. The molecule has 106 valence electrons. The molecule has 1 heterocycles. The molecule has 0 radical (unpaired) electrons. The molecule has 0 bridgehead atoms. The maximum Gasteiger partial charge on any atom is 0.235 e. The van der Waals surface area contributed by atoms with Crippen LogP contribution in [0, 0.1) is 0 Å². The predicted octanol–water partition coefficient (Wildman–Crippen LogP) is 2.91. The number of isocyanates is 1. The average molecular weight is 273 g/mol. The lowest BCUT2D eigenvalue weighted by molar-refractivity contribution is 0.0853. The number of carbonyl (C=O) groups excluding carboxylic acids is 1. The lowest BCUT2D eigenvalue weighted by atomic mass is 9.89. The van der Waals surface area contributed by atoms with Crippen molar-refractivity contribution in [1.82, 2.24) is 0 Å². The van der Waals surface area contributed by atoms with E-state index in [1.807, 2.05) is 6.07 Å². The largest absolute Gasteiger partial charge is 0.496 e. The van der Waals surface area contributed by atoms with Gasteiger partial charge in [0.05, 0.1) is 7.11 Å². The van der Waals surface area contributed by atoms with Crippen molar-refractivity contribution in [2.75, 3.05) is 20.3 Å².